The Balaban J connectivity index is 1.68. The highest BCUT2D eigenvalue weighted by Gasteiger charge is 2.10. The first-order chi connectivity index (χ1) is 12.8. The van der Waals surface area contributed by atoms with Gasteiger partial charge in [-0.15, -0.1) is 0 Å². The van der Waals surface area contributed by atoms with Gasteiger partial charge < -0.3 is 4.90 Å². The topological polar surface area (TPSA) is 6.48 Å². The van der Waals surface area contributed by atoms with E-state index in [4.69, 9.17) is 0 Å². The molecule has 0 aromatic heterocycles. The highest BCUT2D eigenvalue weighted by atomic mass is 15.2. The van der Waals surface area contributed by atoms with Gasteiger partial charge >= 0.3 is 0 Å². The van der Waals surface area contributed by atoms with E-state index in [2.05, 4.69) is 108 Å². The molecule has 0 bridgehead atoms. The van der Waals surface area contributed by atoms with E-state index in [9.17, 15) is 0 Å². The van der Waals surface area contributed by atoms with E-state index in [0.717, 1.165) is 32.7 Å². The summed E-state index contributed by atoms with van der Waals surface area (Å²) >= 11 is 0. The third-order valence-electron chi connectivity index (χ3n) is 4.69. The number of benzene rings is 3. The van der Waals surface area contributed by atoms with Gasteiger partial charge in [0.25, 0.3) is 0 Å². The second-order valence-electron chi connectivity index (χ2n) is 6.60. The lowest BCUT2D eigenvalue weighted by Crippen LogP contribution is -2.34. The summed E-state index contributed by atoms with van der Waals surface area (Å²) in [6, 6.07) is 32.2. The zero-order valence-electron chi connectivity index (χ0n) is 15.6. The van der Waals surface area contributed by atoms with Gasteiger partial charge in [0.15, 0.2) is 0 Å². The van der Waals surface area contributed by atoms with Gasteiger partial charge in [-0.05, 0) is 30.2 Å². The first-order valence-electron chi connectivity index (χ1n) is 9.45. The molecule has 0 amide bonds. The van der Waals surface area contributed by atoms with Crippen LogP contribution in [0.3, 0.4) is 0 Å². The minimum Gasteiger partial charge on any atom is -0.371 e. The molecule has 0 unspecified atom stereocenters. The van der Waals surface area contributed by atoms with E-state index < -0.39 is 0 Å². The van der Waals surface area contributed by atoms with Gasteiger partial charge in [-0.1, -0.05) is 78.9 Å². The second kappa shape index (κ2) is 9.79. The summed E-state index contributed by atoms with van der Waals surface area (Å²) in [5, 5.41) is 0. The fourth-order valence-electron chi connectivity index (χ4n) is 3.27. The zero-order valence-corrected chi connectivity index (χ0v) is 15.6. The number of hydrogen-bond donors (Lipinski definition) is 0. The Kier molecular flexibility index (Phi) is 6.86. The van der Waals surface area contributed by atoms with Crippen molar-refractivity contribution in [3.63, 3.8) is 0 Å². The van der Waals surface area contributed by atoms with Crippen molar-refractivity contribution in [2.24, 2.45) is 0 Å². The molecule has 0 spiro atoms. The van der Waals surface area contributed by atoms with Crippen molar-refractivity contribution in [1.82, 2.24) is 4.90 Å². The number of hydrogen-bond acceptors (Lipinski definition) is 2. The first kappa shape index (κ1) is 18.2. The van der Waals surface area contributed by atoms with Crippen LogP contribution in [0.15, 0.2) is 91.0 Å². The lowest BCUT2D eigenvalue weighted by molar-refractivity contribution is 0.262. The van der Waals surface area contributed by atoms with E-state index in [0.29, 0.717) is 0 Å². The van der Waals surface area contributed by atoms with Crippen molar-refractivity contribution in [1.29, 1.82) is 0 Å². The average molecular weight is 345 g/mol. The summed E-state index contributed by atoms with van der Waals surface area (Å²) in [4.78, 5) is 4.99. The molecule has 26 heavy (non-hydrogen) atoms. The molecule has 3 aromatic carbocycles. The maximum absolute atomic E-state index is 2.54. The third-order valence-corrected chi connectivity index (χ3v) is 4.69. The van der Waals surface area contributed by atoms with Crippen molar-refractivity contribution in [2.75, 3.05) is 24.5 Å². The van der Waals surface area contributed by atoms with Gasteiger partial charge in [0.2, 0.25) is 0 Å². The minimum absolute atomic E-state index is 0.974. The minimum atomic E-state index is 0.974. The molecule has 2 nitrogen and oxygen atoms in total. The van der Waals surface area contributed by atoms with E-state index in [1.165, 1.54) is 16.8 Å². The Bertz CT molecular complexity index is 699. The molecule has 134 valence electrons. The van der Waals surface area contributed by atoms with Gasteiger partial charge in [-0.2, -0.15) is 0 Å². The number of rotatable bonds is 9. The summed E-state index contributed by atoms with van der Waals surface area (Å²) in [6.07, 6.45) is 0. The van der Waals surface area contributed by atoms with Crippen molar-refractivity contribution in [3.8, 4) is 0 Å². The Morgan fingerprint density at radius 2 is 1.04 bits per heavy atom. The molecule has 0 saturated heterocycles. The van der Waals surface area contributed by atoms with E-state index >= 15 is 0 Å². The molecular formula is C24H28N2. The largest absolute Gasteiger partial charge is 0.371 e. The zero-order chi connectivity index (χ0) is 18.0. The monoisotopic (exact) mass is 344 g/mol. The number of anilines is 1. The molecule has 2 heteroatoms. The molecule has 0 radical (unpaired) electrons. The Morgan fingerprint density at radius 1 is 0.577 bits per heavy atom. The maximum Gasteiger partial charge on any atom is 0.0366 e. The molecular weight excluding hydrogens is 316 g/mol. The van der Waals surface area contributed by atoms with E-state index in [1.54, 1.807) is 0 Å². The number of para-hydroxylation sites is 1. The molecule has 0 aliphatic heterocycles. The molecule has 3 rings (SSSR count). The quantitative estimate of drug-likeness (QED) is 0.525. The summed E-state index contributed by atoms with van der Waals surface area (Å²) in [5.74, 6) is 0. The van der Waals surface area contributed by atoms with Crippen LogP contribution in [0.25, 0.3) is 0 Å². The van der Waals surface area contributed by atoms with Gasteiger partial charge in [-0.3, -0.25) is 4.90 Å². The Morgan fingerprint density at radius 3 is 1.50 bits per heavy atom. The summed E-state index contributed by atoms with van der Waals surface area (Å²) < 4.78 is 0. The van der Waals surface area contributed by atoms with Crippen molar-refractivity contribution in [2.45, 2.75) is 20.0 Å². The number of likely N-dealkylation sites (N-methyl/N-ethyl adjacent to an activating group) is 1. The number of nitrogens with zero attached hydrogens (tertiary/aromatic N) is 2. The lowest BCUT2D eigenvalue weighted by Gasteiger charge is -2.28. The molecule has 3 aromatic rings. The highest BCUT2D eigenvalue weighted by Crippen LogP contribution is 2.14. The molecule has 0 N–H and O–H groups in total. The normalized spacial score (nSPS) is 10.8. The molecule has 0 fully saturated rings. The van der Waals surface area contributed by atoms with Crippen molar-refractivity contribution >= 4 is 5.69 Å². The third kappa shape index (κ3) is 5.47. The summed E-state index contributed by atoms with van der Waals surface area (Å²) in [7, 11) is 0. The second-order valence-corrected chi connectivity index (χ2v) is 6.60. The molecule has 0 saturated carbocycles. The van der Waals surface area contributed by atoms with Gasteiger partial charge in [0.1, 0.15) is 0 Å². The van der Waals surface area contributed by atoms with Gasteiger partial charge in [-0.25, -0.2) is 0 Å². The first-order valence-corrected chi connectivity index (χ1v) is 9.45. The predicted octanol–water partition coefficient (Wildman–Crippen LogP) is 5.22. The van der Waals surface area contributed by atoms with Gasteiger partial charge in [0.05, 0.1) is 0 Å². The van der Waals surface area contributed by atoms with Crippen LogP contribution >= 0.6 is 0 Å². The van der Waals surface area contributed by atoms with Crippen molar-refractivity contribution < 1.29 is 0 Å². The van der Waals surface area contributed by atoms with Crippen LogP contribution in [0.1, 0.15) is 18.1 Å². The standard InChI is InChI=1S/C24H28N2/c1-2-26(24-16-10-5-11-17-24)19-18-25(20-22-12-6-3-7-13-22)21-23-14-8-4-9-15-23/h3-17H,2,18-21H2,1H3. The fraction of sp³-hybridized carbons (Fsp3) is 0.250. The van der Waals surface area contributed by atoms with Crippen LogP contribution in [0.2, 0.25) is 0 Å². The molecule has 0 aliphatic carbocycles. The van der Waals surface area contributed by atoms with Crippen LogP contribution < -0.4 is 4.90 Å². The Labute approximate surface area is 157 Å². The fourth-order valence-corrected chi connectivity index (χ4v) is 3.27. The maximum atomic E-state index is 2.54. The van der Waals surface area contributed by atoms with Crippen LogP contribution in [0.4, 0.5) is 5.69 Å². The summed E-state index contributed by atoms with van der Waals surface area (Å²) in [5.41, 5.74) is 4.03. The smallest absolute Gasteiger partial charge is 0.0366 e. The van der Waals surface area contributed by atoms with Crippen LogP contribution in [0, 0.1) is 0 Å². The predicted molar refractivity (Wildman–Crippen MR) is 111 cm³/mol. The average Bonchev–Trinajstić information content (AvgIpc) is 2.71. The summed E-state index contributed by atoms with van der Waals surface area (Å²) in [6.45, 7) is 7.26. The van der Waals surface area contributed by atoms with Crippen LogP contribution in [-0.4, -0.2) is 24.5 Å². The molecule has 0 atom stereocenters. The molecule has 0 aliphatic rings. The van der Waals surface area contributed by atoms with E-state index in [-0.39, 0.29) is 0 Å². The van der Waals surface area contributed by atoms with Crippen molar-refractivity contribution in [3.05, 3.63) is 102 Å². The Hall–Kier alpha value is -2.58. The SMILES string of the molecule is CCN(CCN(Cc1ccccc1)Cc1ccccc1)c1ccccc1. The van der Waals surface area contributed by atoms with Crippen LogP contribution in [-0.2, 0) is 13.1 Å². The molecule has 0 heterocycles. The highest BCUT2D eigenvalue weighted by molar-refractivity contribution is 5.45. The van der Waals surface area contributed by atoms with Gasteiger partial charge in [0, 0.05) is 38.4 Å². The van der Waals surface area contributed by atoms with E-state index in [1.807, 2.05) is 0 Å². The lowest BCUT2D eigenvalue weighted by atomic mass is 10.1. The van der Waals surface area contributed by atoms with Crippen LogP contribution in [0.5, 0.6) is 0 Å².